The minimum Gasteiger partial charge on any atom is -0.397 e. The summed E-state index contributed by atoms with van der Waals surface area (Å²) in [6.45, 7) is 7.83. The van der Waals surface area contributed by atoms with Crippen LogP contribution in [0.3, 0.4) is 0 Å². The highest BCUT2D eigenvalue weighted by Gasteiger charge is 2.14. The van der Waals surface area contributed by atoms with Crippen LogP contribution in [0.2, 0.25) is 5.15 Å². The second-order valence-electron chi connectivity index (χ2n) is 5.29. The number of aliphatic hydroxyl groups excluding tert-OH is 1. The zero-order valence-electron chi connectivity index (χ0n) is 13.6. The monoisotopic (exact) mass is 334 g/mol. The van der Waals surface area contributed by atoms with Gasteiger partial charge in [0.25, 0.3) is 0 Å². The number of anilines is 1. The lowest BCUT2D eigenvalue weighted by atomic mass is 10.1. The first-order valence-electron chi connectivity index (χ1n) is 7.82. The van der Waals surface area contributed by atoms with Crippen LogP contribution in [-0.2, 0) is 0 Å². The maximum absolute atomic E-state index is 7.57. The van der Waals surface area contributed by atoms with Gasteiger partial charge in [-0.15, -0.1) is 0 Å². The lowest BCUT2D eigenvalue weighted by Crippen LogP contribution is -2.43. The Bertz CT molecular complexity index is 612. The van der Waals surface area contributed by atoms with Gasteiger partial charge in [0.05, 0.1) is 0 Å². The molecule has 23 heavy (non-hydrogen) atoms. The minimum absolute atomic E-state index is 0.250. The summed E-state index contributed by atoms with van der Waals surface area (Å²) in [5.41, 5.74) is 2.22. The SMILES string of the molecule is CCO.Cc1ccc(-c2nc(Cl)cc(N3CCNCC3)n2)cc1. The quantitative estimate of drug-likeness (QED) is 0.826. The number of nitrogens with one attached hydrogen (secondary N) is 1. The van der Waals surface area contributed by atoms with Crippen LogP contribution in [0.5, 0.6) is 0 Å². The molecule has 1 aromatic heterocycles. The molecule has 1 aliphatic rings. The van der Waals surface area contributed by atoms with E-state index in [-0.39, 0.29) is 6.61 Å². The topological polar surface area (TPSA) is 61.3 Å². The molecular formula is C17H23ClN4O. The summed E-state index contributed by atoms with van der Waals surface area (Å²) in [4.78, 5) is 11.2. The molecule has 0 saturated carbocycles. The van der Waals surface area contributed by atoms with Crippen LogP contribution in [-0.4, -0.2) is 47.9 Å². The first kappa shape index (κ1) is 17.7. The van der Waals surface area contributed by atoms with E-state index in [4.69, 9.17) is 16.7 Å². The highest BCUT2D eigenvalue weighted by Crippen LogP contribution is 2.23. The molecule has 0 spiro atoms. The third-order valence-corrected chi connectivity index (χ3v) is 3.63. The Morgan fingerprint density at radius 1 is 1.17 bits per heavy atom. The fourth-order valence-electron chi connectivity index (χ4n) is 2.29. The van der Waals surface area contributed by atoms with Crippen molar-refractivity contribution in [1.82, 2.24) is 15.3 Å². The van der Waals surface area contributed by atoms with Crippen molar-refractivity contribution in [3.05, 3.63) is 41.0 Å². The van der Waals surface area contributed by atoms with E-state index in [0.29, 0.717) is 11.0 Å². The average Bonchev–Trinajstić information content (AvgIpc) is 2.56. The molecule has 0 aliphatic carbocycles. The van der Waals surface area contributed by atoms with Crippen LogP contribution < -0.4 is 10.2 Å². The molecule has 0 atom stereocenters. The van der Waals surface area contributed by atoms with Gasteiger partial charge in [-0.25, -0.2) is 9.97 Å². The van der Waals surface area contributed by atoms with Gasteiger partial charge >= 0.3 is 0 Å². The van der Waals surface area contributed by atoms with Gasteiger partial charge in [-0.1, -0.05) is 41.4 Å². The Kier molecular flexibility index (Phi) is 6.77. The molecule has 0 bridgehead atoms. The summed E-state index contributed by atoms with van der Waals surface area (Å²) < 4.78 is 0. The minimum atomic E-state index is 0.250. The van der Waals surface area contributed by atoms with Crippen LogP contribution in [0.25, 0.3) is 11.4 Å². The van der Waals surface area contributed by atoms with Crippen molar-refractivity contribution >= 4 is 17.4 Å². The Morgan fingerprint density at radius 3 is 2.39 bits per heavy atom. The number of aromatic nitrogens is 2. The Morgan fingerprint density at radius 2 is 1.78 bits per heavy atom. The summed E-state index contributed by atoms with van der Waals surface area (Å²) in [5.74, 6) is 1.59. The predicted molar refractivity (Wildman–Crippen MR) is 95.1 cm³/mol. The van der Waals surface area contributed by atoms with Crippen LogP contribution in [0.15, 0.2) is 30.3 Å². The van der Waals surface area contributed by atoms with E-state index in [1.165, 1.54) is 5.56 Å². The van der Waals surface area contributed by atoms with Gasteiger partial charge in [-0.2, -0.15) is 0 Å². The van der Waals surface area contributed by atoms with Gasteiger partial charge in [-0.05, 0) is 13.8 Å². The van der Waals surface area contributed by atoms with Gasteiger partial charge < -0.3 is 15.3 Å². The maximum atomic E-state index is 7.57. The zero-order chi connectivity index (χ0) is 16.7. The molecule has 2 N–H and O–H groups in total. The van der Waals surface area contributed by atoms with Gasteiger partial charge in [0.2, 0.25) is 0 Å². The van der Waals surface area contributed by atoms with Crippen molar-refractivity contribution in [2.24, 2.45) is 0 Å². The molecule has 1 aromatic carbocycles. The molecule has 0 radical (unpaired) electrons. The molecule has 1 saturated heterocycles. The fourth-order valence-corrected chi connectivity index (χ4v) is 2.47. The molecule has 5 nitrogen and oxygen atoms in total. The summed E-state index contributed by atoms with van der Waals surface area (Å²) in [6, 6.07) is 10.0. The number of aliphatic hydroxyl groups is 1. The van der Waals surface area contributed by atoms with Crippen molar-refractivity contribution in [2.45, 2.75) is 13.8 Å². The second kappa shape index (κ2) is 8.82. The van der Waals surface area contributed by atoms with E-state index in [0.717, 1.165) is 37.6 Å². The highest BCUT2D eigenvalue weighted by atomic mass is 35.5. The summed E-state index contributed by atoms with van der Waals surface area (Å²) in [6.07, 6.45) is 0. The van der Waals surface area contributed by atoms with E-state index in [1.807, 2.05) is 18.2 Å². The highest BCUT2D eigenvalue weighted by molar-refractivity contribution is 6.29. The standard InChI is InChI=1S/C15H17ClN4.C2H6O/c1-11-2-4-12(5-3-11)15-18-13(16)10-14(19-15)20-8-6-17-7-9-20;1-2-3/h2-5,10,17H,6-9H2,1H3;3H,2H2,1H3. The van der Waals surface area contributed by atoms with Crippen molar-refractivity contribution in [3.63, 3.8) is 0 Å². The van der Waals surface area contributed by atoms with Crippen molar-refractivity contribution < 1.29 is 5.11 Å². The first-order chi connectivity index (χ1) is 11.1. The molecule has 0 unspecified atom stereocenters. The smallest absolute Gasteiger partial charge is 0.163 e. The van der Waals surface area contributed by atoms with E-state index in [2.05, 4.69) is 39.2 Å². The van der Waals surface area contributed by atoms with Gasteiger partial charge in [-0.3, -0.25) is 0 Å². The van der Waals surface area contributed by atoms with E-state index >= 15 is 0 Å². The number of aryl methyl sites for hydroxylation is 1. The van der Waals surface area contributed by atoms with Gasteiger partial charge in [0.15, 0.2) is 5.82 Å². The van der Waals surface area contributed by atoms with E-state index < -0.39 is 0 Å². The van der Waals surface area contributed by atoms with Crippen molar-refractivity contribution in [1.29, 1.82) is 0 Å². The molecule has 1 aliphatic heterocycles. The molecule has 6 heteroatoms. The Balaban J connectivity index is 0.000000595. The maximum Gasteiger partial charge on any atom is 0.163 e. The largest absolute Gasteiger partial charge is 0.397 e. The summed E-state index contributed by atoms with van der Waals surface area (Å²) in [7, 11) is 0. The van der Waals surface area contributed by atoms with E-state index in [1.54, 1.807) is 6.92 Å². The number of halogens is 1. The Hall–Kier alpha value is -1.69. The predicted octanol–water partition coefficient (Wildman–Crippen LogP) is 2.51. The van der Waals surface area contributed by atoms with Gasteiger partial charge in [0.1, 0.15) is 11.0 Å². The molecule has 1 fully saturated rings. The third-order valence-electron chi connectivity index (χ3n) is 3.43. The molecule has 2 heterocycles. The summed E-state index contributed by atoms with van der Waals surface area (Å²) in [5, 5.41) is 11.4. The third kappa shape index (κ3) is 5.16. The van der Waals surface area contributed by atoms with Gasteiger partial charge in [0, 0.05) is 44.4 Å². The van der Waals surface area contributed by atoms with Crippen LogP contribution in [0, 0.1) is 6.92 Å². The number of hydrogen-bond donors (Lipinski definition) is 2. The lowest BCUT2D eigenvalue weighted by Gasteiger charge is -2.28. The first-order valence-corrected chi connectivity index (χ1v) is 8.20. The molecule has 3 rings (SSSR count). The van der Waals surface area contributed by atoms with Crippen LogP contribution in [0.4, 0.5) is 5.82 Å². The number of nitrogens with zero attached hydrogens (tertiary/aromatic N) is 3. The molecule has 0 amide bonds. The normalized spacial score (nSPS) is 14.2. The molecule has 124 valence electrons. The Labute approximate surface area is 142 Å². The second-order valence-corrected chi connectivity index (χ2v) is 5.68. The number of piperazine rings is 1. The summed E-state index contributed by atoms with van der Waals surface area (Å²) >= 11 is 6.16. The molecular weight excluding hydrogens is 312 g/mol. The average molecular weight is 335 g/mol. The van der Waals surface area contributed by atoms with Crippen molar-refractivity contribution in [2.75, 3.05) is 37.7 Å². The molecule has 2 aromatic rings. The van der Waals surface area contributed by atoms with Crippen LogP contribution in [0.1, 0.15) is 12.5 Å². The lowest BCUT2D eigenvalue weighted by molar-refractivity contribution is 0.318. The van der Waals surface area contributed by atoms with E-state index in [9.17, 15) is 0 Å². The fraction of sp³-hybridized carbons (Fsp3) is 0.412. The van der Waals surface area contributed by atoms with Crippen LogP contribution >= 0.6 is 11.6 Å². The number of rotatable bonds is 2. The number of benzene rings is 1. The van der Waals surface area contributed by atoms with Crippen molar-refractivity contribution in [3.8, 4) is 11.4 Å². The number of hydrogen-bond acceptors (Lipinski definition) is 5. The zero-order valence-corrected chi connectivity index (χ0v) is 14.3.